The molecule has 1 fully saturated rings. The van der Waals surface area contributed by atoms with Gasteiger partial charge in [0, 0.05) is 11.6 Å². The second-order valence-corrected chi connectivity index (χ2v) is 5.10. The van der Waals surface area contributed by atoms with Crippen molar-refractivity contribution in [1.82, 2.24) is 10.3 Å². The Morgan fingerprint density at radius 2 is 1.83 bits per heavy atom. The van der Waals surface area contributed by atoms with E-state index in [9.17, 15) is 4.79 Å². The van der Waals surface area contributed by atoms with Crippen molar-refractivity contribution in [3.63, 3.8) is 0 Å². The third-order valence-corrected chi connectivity index (χ3v) is 3.94. The van der Waals surface area contributed by atoms with Crippen molar-refractivity contribution in [3.05, 3.63) is 28.1 Å². The summed E-state index contributed by atoms with van der Waals surface area (Å²) in [6, 6.07) is 0. The Morgan fingerprint density at radius 3 is 2.39 bits per heavy atom. The quantitative estimate of drug-likeness (QED) is 0.833. The molecule has 1 aliphatic heterocycles. The Kier molecular flexibility index (Phi) is 3.66. The molecule has 0 radical (unpaired) electrons. The van der Waals surface area contributed by atoms with Gasteiger partial charge in [-0.05, 0) is 57.8 Å². The van der Waals surface area contributed by atoms with Crippen molar-refractivity contribution in [2.45, 2.75) is 39.5 Å². The SMILES string of the molecule is Cc1nc(C2CCNCC2)c(C)c(C)c1C(N)=O. The van der Waals surface area contributed by atoms with Crippen molar-refractivity contribution >= 4 is 5.91 Å². The second kappa shape index (κ2) is 5.06. The summed E-state index contributed by atoms with van der Waals surface area (Å²) in [4.78, 5) is 16.1. The van der Waals surface area contributed by atoms with Crippen molar-refractivity contribution in [3.8, 4) is 0 Å². The van der Waals surface area contributed by atoms with Gasteiger partial charge in [-0.2, -0.15) is 0 Å². The number of hydrogen-bond acceptors (Lipinski definition) is 3. The fourth-order valence-corrected chi connectivity index (χ4v) is 2.83. The lowest BCUT2D eigenvalue weighted by Crippen LogP contribution is -2.28. The zero-order valence-electron chi connectivity index (χ0n) is 11.3. The minimum Gasteiger partial charge on any atom is -0.366 e. The largest absolute Gasteiger partial charge is 0.366 e. The average molecular weight is 247 g/mol. The molecule has 2 heterocycles. The predicted octanol–water partition coefficient (Wildman–Crippen LogP) is 1.57. The summed E-state index contributed by atoms with van der Waals surface area (Å²) in [5.74, 6) is 0.128. The number of amides is 1. The van der Waals surface area contributed by atoms with Gasteiger partial charge in [0.05, 0.1) is 11.3 Å². The molecule has 0 bridgehead atoms. The molecule has 0 unspecified atom stereocenters. The average Bonchev–Trinajstić information content (AvgIpc) is 2.34. The fourth-order valence-electron chi connectivity index (χ4n) is 2.83. The van der Waals surface area contributed by atoms with Gasteiger partial charge in [0.2, 0.25) is 0 Å². The highest BCUT2D eigenvalue weighted by Gasteiger charge is 2.22. The molecule has 18 heavy (non-hydrogen) atoms. The zero-order chi connectivity index (χ0) is 13.3. The van der Waals surface area contributed by atoms with E-state index in [2.05, 4.69) is 10.3 Å². The number of rotatable bonds is 2. The van der Waals surface area contributed by atoms with Crippen LogP contribution in [0.5, 0.6) is 0 Å². The third kappa shape index (κ3) is 2.25. The number of aryl methyl sites for hydroxylation is 1. The minimum atomic E-state index is -0.377. The van der Waals surface area contributed by atoms with Crippen LogP contribution in [-0.2, 0) is 0 Å². The topological polar surface area (TPSA) is 68.0 Å². The molecule has 98 valence electrons. The molecule has 0 aliphatic carbocycles. The van der Waals surface area contributed by atoms with Crippen LogP contribution in [0, 0.1) is 20.8 Å². The molecular formula is C14H21N3O. The molecule has 1 saturated heterocycles. The summed E-state index contributed by atoms with van der Waals surface area (Å²) in [5.41, 5.74) is 10.0. The van der Waals surface area contributed by atoms with E-state index >= 15 is 0 Å². The number of nitrogens with one attached hydrogen (secondary N) is 1. The first-order chi connectivity index (χ1) is 8.52. The van der Waals surface area contributed by atoms with Gasteiger partial charge in [-0.3, -0.25) is 9.78 Å². The van der Waals surface area contributed by atoms with Gasteiger partial charge in [-0.15, -0.1) is 0 Å². The lowest BCUT2D eigenvalue weighted by molar-refractivity contribution is 0.0998. The van der Waals surface area contributed by atoms with E-state index in [-0.39, 0.29) is 5.91 Å². The lowest BCUT2D eigenvalue weighted by Gasteiger charge is -2.25. The Bertz CT molecular complexity index is 476. The van der Waals surface area contributed by atoms with Crippen LogP contribution in [0.1, 0.15) is 51.6 Å². The molecule has 0 spiro atoms. The lowest BCUT2D eigenvalue weighted by atomic mass is 9.88. The van der Waals surface area contributed by atoms with Crippen LogP contribution >= 0.6 is 0 Å². The number of nitrogens with two attached hydrogens (primary N) is 1. The van der Waals surface area contributed by atoms with Crippen molar-refractivity contribution in [1.29, 1.82) is 0 Å². The maximum Gasteiger partial charge on any atom is 0.250 e. The number of aromatic nitrogens is 1. The summed E-state index contributed by atoms with van der Waals surface area (Å²) < 4.78 is 0. The maximum absolute atomic E-state index is 11.5. The number of piperidine rings is 1. The molecule has 1 amide bonds. The number of carbonyl (C=O) groups excluding carboxylic acids is 1. The molecule has 2 rings (SSSR count). The van der Waals surface area contributed by atoms with E-state index in [1.165, 1.54) is 0 Å². The molecule has 4 heteroatoms. The van der Waals surface area contributed by atoms with Crippen molar-refractivity contribution in [2.24, 2.45) is 5.73 Å². The number of nitrogens with zero attached hydrogens (tertiary/aromatic N) is 1. The Labute approximate surface area is 108 Å². The van der Waals surface area contributed by atoms with Crippen molar-refractivity contribution < 1.29 is 4.79 Å². The fraction of sp³-hybridized carbons (Fsp3) is 0.571. The Balaban J connectivity index is 2.46. The molecule has 1 aromatic rings. The smallest absolute Gasteiger partial charge is 0.250 e. The van der Waals surface area contributed by atoms with E-state index in [4.69, 9.17) is 5.73 Å². The van der Waals surface area contributed by atoms with Crippen LogP contribution in [-0.4, -0.2) is 24.0 Å². The highest BCUT2D eigenvalue weighted by atomic mass is 16.1. The van der Waals surface area contributed by atoms with E-state index in [1.807, 2.05) is 20.8 Å². The number of pyridine rings is 1. The van der Waals surface area contributed by atoms with Crippen LogP contribution in [0.4, 0.5) is 0 Å². The normalized spacial score (nSPS) is 16.8. The van der Waals surface area contributed by atoms with Gasteiger partial charge < -0.3 is 11.1 Å². The molecule has 0 saturated carbocycles. The maximum atomic E-state index is 11.5. The van der Waals surface area contributed by atoms with Gasteiger partial charge >= 0.3 is 0 Å². The highest BCUT2D eigenvalue weighted by molar-refractivity contribution is 5.95. The van der Waals surface area contributed by atoms with Crippen LogP contribution < -0.4 is 11.1 Å². The first kappa shape index (κ1) is 13.0. The molecule has 0 aromatic carbocycles. The molecule has 0 atom stereocenters. The molecule has 1 aliphatic rings. The molecular weight excluding hydrogens is 226 g/mol. The second-order valence-electron chi connectivity index (χ2n) is 5.10. The molecule has 1 aromatic heterocycles. The van der Waals surface area contributed by atoms with E-state index < -0.39 is 0 Å². The summed E-state index contributed by atoms with van der Waals surface area (Å²) in [6.07, 6.45) is 2.23. The summed E-state index contributed by atoms with van der Waals surface area (Å²) in [5, 5.41) is 3.36. The van der Waals surface area contributed by atoms with E-state index in [0.717, 1.165) is 48.4 Å². The Morgan fingerprint density at radius 1 is 1.22 bits per heavy atom. The van der Waals surface area contributed by atoms with Crippen LogP contribution in [0.2, 0.25) is 0 Å². The van der Waals surface area contributed by atoms with Gasteiger partial charge in [0.15, 0.2) is 0 Å². The van der Waals surface area contributed by atoms with E-state index in [1.54, 1.807) is 0 Å². The highest BCUT2D eigenvalue weighted by Crippen LogP contribution is 2.29. The summed E-state index contributed by atoms with van der Waals surface area (Å²) in [7, 11) is 0. The third-order valence-electron chi connectivity index (χ3n) is 3.94. The van der Waals surface area contributed by atoms with Gasteiger partial charge in [0.25, 0.3) is 5.91 Å². The monoisotopic (exact) mass is 247 g/mol. The van der Waals surface area contributed by atoms with Crippen LogP contribution in [0.15, 0.2) is 0 Å². The zero-order valence-corrected chi connectivity index (χ0v) is 11.3. The minimum absolute atomic E-state index is 0.377. The van der Waals surface area contributed by atoms with Gasteiger partial charge in [0.1, 0.15) is 0 Å². The standard InChI is InChI=1S/C14H21N3O/c1-8-9(2)13(11-4-6-16-7-5-11)17-10(3)12(8)14(15)18/h11,16H,4-7H2,1-3H3,(H2,15,18). The number of primary amides is 1. The van der Waals surface area contributed by atoms with Crippen LogP contribution in [0.3, 0.4) is 0 Å². The molecule has 3 N–H and O–H groups in total. The van der Waals surface area contributed by atoms with Crippen LogP contribution in [0.25, 0.3) is 0 Å². The summed E-state index contributed by atoms with van der Waals surface area (Å²) >= 11 is 0. The molecule has 4 nitrogen and oxygen atoms in total. The van der Waals surface area contributed by atoms with Crippen molar-refractivity contribution in [2.75, 3.05) is 13.1 Å². The first-order valence-corrected chi connectivity index (χ1v) is 6.50. The van der Waals surface area contributed by atoms with E-state index in [0.29, 0.717) is 11.5 Å². The first-order valence-electron chi connectivity index (χ1n) is 6.50. The van der Waals surface area contributed by atoms with Gasteiger partial charge in [-0.25, -0.2) is 0 Å². The Hall–Kier alpha value is -1.42. The number of hydrogen-bond donors (Lipinski definition) is 2. The predicted molar refractivity (Wildman–Crippen MR) is 71.8 cm³/mol. The summed E-state index contributed by atoms with van der Waals surface area (Å²) in [6.45, 7) is 7.97. The van der Waals surface area contributed by atoms with Gasteiger partial charge in [-0.1, -0.05) is 0 Å². The number of carbonyl (C=O) groups is 1.